The molecule has 0 aliphatic carbocycles. The number of thiazole rings is 1. The van der Waals surface area contributed by atoms with Gasteiger partial charge in [-0.05, 0) is 59.1 Å². The first kappa shape index (κ1) is 26.0. The van der Waals surface area contributed by atoms with Crippen LogP contribution >= 0.6 is 11.3 Å². The lowest BCUT2D eigenvalue weighted by atomic mass is 9.95. The highest BCUT2D eigenvalue weighted by Gasteiger charge is 2.35. The van der Waals surface area contributed by atoms with Gasteiger partial charge in [0.25, 0.3) is 5.56 Å². The molecule has 2 aromatic heterocycles. The number of carbonyl (C=O) groups excluding carboxylic acids is 1. The molecule has 9 heteroatoms. The molecule has 3 aromatic rings. The molecule has 2 aliphatic rings. The second-order valence-electron chi connectivity index (χ2n) is 9.73. The fraction of sp³-hybridized carbons (Fsp3) is 0.414. The van der Waals surface area contributed by atoms with Crippen molar-refractivity contribution >= 4 is 29.3 Å². The molecule has 1 atom stereocenters. The monoisotopic (exact) mass is 535 g/mol. The minimum atomic E-state index is -0.733. The first-order valence-electron chi connectivity index (χ1n) is 13.2. The summed E-state index contributed by atoms with van der Waals surface area (Å²) in [4.78, 5) is 34.5. The molecule has 1 fully saturated rings. The molecule has 0 unspecified atom stereocenters. The van der Waals surface area contributed by atoms with E-state index in [0.717, 1.165) is 31.8 Å². The molecule has 0 amide bonds. The van der Waals surface area contributed by atoms with Gasteiger partial charge in [0, 0.05) is 30.8 Å². The average molecular weight is 536 g/mol. The highest BCUT2D eigenvalue weighted by Crippen LogP contribution is 2.36. The van der Waals surface area contributed by atoms with Crippen molar-refractivity contribution < 1.29 is 18.7 Å². The van der Waals surface area contributed by atoms with Crippen molar-refractivity contribution in [2.45, 2.75) is 59.1 Å². The zero-order chi connectivity index (χ0) is 26.8. The third-order valence-electron chi connectivity index (χ3n) is 6.65. The van der Waals surface area contributed by atoms with Gasteiger partial charge in [-0.1, -0.05) is 29.5 Å². The lowest BCUT2D eigenvalue weighted by Crippen LogP contribution is -2.40. The Bertz CT molecular complexity index is 1540. The maximum absolute atomic E-state index is 13.9. The highest BCUT2D eigenvalue weighted by atomic mass is 32.1. The number of allylic oxidation sites excluding steroid dienone is 1. The summed E-state index contributed by atoms with van der Waals surface area (Å²) >= 11 is 1.28. The van der Waals surface area contributed by atoms with Crippen molar-refractivity contribution in [3.05, 3.63) is 78.7 Å². The van der Waals surface area contributed by atoms with E-state index in [9.17, 15) is 9.59 Å². The molecule has 2 aliphatic heterocycles. The van der Waals surface area contributed by atoms with Crippen LogP contribution in [0.1, 0.15) is 64.3 Å². The zero-order valence-electron chi connectivity index (χ0n) is 22.2. The van der Waals surface area contributed by atoms with Gasteiger partial charge in [0.05, 0.1) is 28.5 Å². The summed E-state index contributed by atoms with van der Waals surface area (Å²) in [6.07, 6.45) is 5.22. The molecule has 4 heterocycles. The van der Waals surface area contributed by atoms with E-state index in [-0.39, 0.29) is 18.3 Å². The Morgan fingerprint density at radius 2 is 1.95 bits per heavy atom. The van der Waals surface area contributed by atoms with E-state index >= 15 is 0 Å². The molecule has 0 N–H and O–H groups in total. The average Bonchev–Trinajstić information content (AvgIpc) is 3.48. The smallest absolute Gasteiger partial charge is 0.338 e. The van der Waals surface area contributed by atoms with Gasteiger partial charge in [-0.25, -0.2) is 9.79 Å². The summed E-state index contributed by atoms with van der Waals surface area (Å²) in [6.45, 7) is 9.59. The van der Waals surface area contributed by atoms with Gasteiger partial charge in [0.2, 0.25) is 0 Å². The van der Waals surface area contributed by atoms with Crippen LogP contribution in [0.4, 0.5) is 5.88 Å². The molecule has 1 aromatic carbocycles. The van der Waals surface area contributed by atoms with Gasteiger partial charge in [-0.3, -0.25) is 9.36 Å². The van der Waals surface area contributed by atoms with Gasteiger partial charge >= 0.3 is 5.97 Å². The van der Waals surface area contributed by atoms with Gasteiger partial charge in [-0.2, -0.15) is 0 Å². The van der Waals surface area contributed by atoms with Crippen molar-refractivity contribution in [1.29, 1.82) is 0 Å². The van der Waals surface area contributed by atoms with Crippen molar-refractivity contribution in [2.75, 3.05) is 24.6 Å². The topological polar surface area (TPSA) is 86.3 Å². The first-order valence-corrected chi connectivity index (χ1v) is 14.0. The fourth-order valence-electron chi connectivity index (χ4n) is 4.99. The van der Waals surface area contributed by atoms with Crippen molar-refractivity contribution in [3.63, 3.8) is 0 Å². The Kier molecular flexibility index (Phi) is 7.56. The van der Waals surface area contributed by atoms with Gasteiger partial charge in [-0.15, -0.1) is 0 Å². The second kappa shape index (κ2) is 11.0. The van der Waals surface area contributed by atoms with E-state index in [2.05, 4.69) is 9.89 Å². The summed E-state index contributed by atoms with van der Waals surface area (Å²) in [5, 5.41) is 0. The van der Waals surface area contributed by atoms with Crippen LogP contribution < -0.4 is 24.5 Å². The van der Waals surface area contributed by atoms with Crippen LogP contribution in [-0.4, -0.2) is 36.3 Å². The number of hydrogen-bond acceptors (Lipinski definition) is 8. The zero-order valence-corrected chi connectivity index (χ0v) is 23.0. The van der Waals surface area contributed by atoms with Crippen LogP contribution in [0.5, 0.6) is 5.75 Å². The number of aromatic nitrogens is 1. The highest BCUT2D eigenvalue weighted by molar-refractivity contribution is 7.07. The maximum Gasteiger partial charge on any atom is 0.338 e. The Morgan fingerprint density at radius 3 is 2.68 bits per heavy atom. The van der Waals surface area contributed by atoms with Gasteiger partial charge < -0.3 is 18.8 Å². The van der Waals surface area contributed by atoms with Crippen LogP contribution in [-0.2, 0) is 9.53 Å². The van der Waals surface area contributed by atoms with E-state index in [1.165, 1.54) is 17.8 Å². The largest absolute Gasteiger partial charge is 0.491 e. The van der Waals surface area contributed by atoms with Crippen LogP contribution in [0.2, 0.25) is 0 Å². The molecule has 0 bridgehead atoms. The van der Waals surface area contributed by atoms with E-state index in [1.807, 2.05) is 50.2 Å². The van der Waals surface area contributed by atoms with Crippen LogP contribution in [0, 0.1) is 0 Å². The first-order chi connectivity index (χ1) is 18.4. The van der Waals surface area contributed by atoms with Gasteiger partial charge in [0.15, 0.2) is 10.7 Å². The van der Waals surface area contributed by atoms with Crippen molar-refractivity contribution in [1.82, 2.24) is 4.57 Å². The molecule has 38 heavy (non-hydrogen) atoms. The number of furan rings is 1. The molecular formula is C29H33N3O5S. The van der Waals surface area contributed by atoms with E-state index in [1.54, 1.807) is 24.5 Å². The number of rotatable bonds is 7. The number of nitrogens with zero attached hydrogens (tertiary/aromatic N) is 3. The second-order valence-corrected chi connectivity index (χ2v) is 10.7. The molecule has 1 saturated heterocycles. The maximum atomic E-state index is 13.9. The number of ether oxygens (including phenoxy) is 2. The molecule has 5 rings (SSSR count). The number of fused-ring (bicyclic) bond motifs is 1. The Labute approximate surface area is 225 Å². The third kappa shape index (κ3) is 5.07. The SMILES string of the molecule is CCOC(=O)C1=C(C)N=c2sc(=Cc3ccc(N4CCCCC4)o3)c(=O)n2[C@H]1c1ccccc1OC(C)C. The number of piperidine rings is 1. The van der Waals surface area contributed by atoms with E-state index < -0.39 is 12.0 Å². The standard InChI is InChI=1S/C29H33N3O5S/c1-5-35-28(34)25-19(4)30-29-32(26(25)21-11-7-8-12-22(21)36-18(2)3)27(33)23(38-29)17-20-13-14-24(37-20)31-15-9-6-10-16-31/h7-8,11-14,17-18,26H,5-6,9-10,15-16H2,1-4H3/t26-/m0/s1. The van der Waals surface area contributed by atoms with E-state index in [0.29, 0.717) is 37.7 Å². The third-order valence-corrected chi connectivity index (χ3v) is 7.63. The van der Waals surface area contributed by atoms with E-state index in [4.69, 9.17) is 13.9 Å². The summed E-state index contributed by atoms with van der Waals surface area (Å²) < 4.78 is 19.7. The Balaban J connectivity index is 1.64. The predicted molar refractivity (Wildman–Crippen MR) is 147 cm³/mol. The number of para-hydroxylation sites is 1. The molecule has 0 spiro atoms. The molecule has 8 nitrogen and oxygen atoms in total. The molecular weight excluding hydrogens is 502 g/mol. The number of carbonyl (C=O) groups is 1. The molecule has 0 radical (unpaired) electrons. The summed E-state index contributed by atoms with van der Waals surface area (Å²) in [5.74, 6) is 1.54. The minimum Gasteiger partial charge on any atom is -0.491 e. The van der Waals surface area contributed by atoms with Gasteiger partial charge in [0.1, 0.15) is 17.6 Å². The van der Waals surface area contributed by atoms with Crippen molar-refractivity contribution in [3.8, 4) is 5.75 Å². The Hall–Kier alpha value is -3.59. The number of hydrogen-bond donors (Lipinski definition) is 0. The van der Waals surface area contributed by atoms with Crippen LogP contribution in [0.15, 0.2) is 61.9 Å². The number of esters is 1. The van der Waals surface area contributed by atoms with Crippen molar-refractivity contribution in [2.24, 2.45) is 4.99 Å². The Morgan fingerprint density at radius 1 is 1.18 bits per heavy atom. The number of anilines is 1. The number of benzene rings is 1. The summed E-state index contributed by atoms with van der Waals surface area (Å²) in [7, 11) is 0. The lowest BCUT2D eigenvalue weighted by molar-refractivity contribution is -0.139. The fourth-order valence-corrected chi connectivity index (χ4v) is 6.01. The predicted octanol–water partition coefficient (Wildman–Crippen LogP) is 4.17. The molecule has 0 saturated carbocycles. The minimum absolute atomic E-state index is 0.0869. The van der Waals surface area contributed by atoms with Crippen LogP contribution in [0.3, 0.4) is 0 Å². The molecule has 200 valence electrons. The summed E-state index contributed by atoms with van der Waals surface area (Å²) in [5.41, 5.74) is 1.31. The quantitative estimate of drug-likeness (QED) is 0.422. The van der Waals surface area contributed by atoms with Crippen LogP contribution in [0.25, 0.3) is 6.08 Å². The lowest BCUT2D eigenvalue weighted by Gasteiger charge is -2.26. The summed E-state index contributed by atoms with van der Waals surface area (Å²) in [6, 6.07) is 10.6. The normalized spacial score (nSPS) is 18.0.